The van der Waals surface area contributed by atoms with Gasteiger partial charge in [-0.1, -0.05) is 26.0 Å². The summed E-state index contributed by atoms with van der Waals surface area (Å²) in [6.45, 7) is 6.38. The van der Waals surface area contributed by atoms with Crippen LogP contribution in [0.3, 0.4) is 0 Å². The fourth-order valence-electron chi connectivity index (χ4n) is 1.73. The molecule has 0 aliphatic rings. The van der Waals surface area contributed by atoms with Crippen LogP contribution in [-0.4, -0.2) is 13.2 Å². The molecule has 1 rings (SSSR count). The molecule has 0 radical (unpaired) electrons. The van der Waals surface area contributed by atoms with Crippen LogP contribution in [0.1, 0.15) is 37.8 Å². The Morgan fingerprint density at radius 1 is 1.27 bits per heavy atom. The first kappa shape index (κ1) is 12.1. The Hall–Kier alpha value is -1.02. The van der Waals surface area contributed by atoms with Gasteiger partial charge < -0.3 is 10.5 Å². The maximum absolute atomic E-state index is 5.79. The summed E-state index contributed by atoms with van der Waals surface area (Å²) in [5.41, 5.74) is 8.34. The van der Waals surface area contributed by atoms with Crippen molar-refractivity contribution in [3.05, 3.63) is 29.3 Å². The highest BCUT2D eigenvalue weighted by Crippen LogP contribution is 2.27. The summed E-state index contributed by atoms with van der Waals surface area (Å²) in [5.74, 6) is 1.45. The van der Waals surface area contributed by atoms with Crippen LogP contribution in [0.15, 0.2) is 18.2 Å². The van der Waals surface area contributed by atoms with E-state index >= 15 is 0 Å². The van der Waals surface area contributed by atoms with Gasteiger partial charge >= 0.3 is 0 Å². The van der Waals surface area contributed by atoms with E-state index in [-0.39, 0.29) is 6.04 Å². The lowest BCUT2D eigenvalue weighted by molar-refractivity contribution is 0.407. The van der Waals surface area contributed by atoms with E-state index in [1.54, 1.807) is 7.11 Å². The second kappa shape index (κ2) is 5.17. The number of benzene rings is 1. The molecule has 0 aliphatic carbocycles. The summed E-state index contributed by atoms with van der Waals surface area (Å²) >= 11 is 0. The van der Waals surface area contributed by atoms with Crippen molar-refractivity contribution in [2.45, 2.75) is 39.2 Å². The van der Waals surface area contributed by atoms with Crippen molar-refractivity contribution in [1.82, 2.24) is 0 Å². The van der Waals surface area contributed by atoms with Crippen LogP contribution in [0.4, 0.5) is 0 Å². The SMILES string of the molecule is COc1ccc(CC(C)N)cc1C(C)C. The van der Waals surface area contributed by atoms with Crippen molar-refractivity contribution in [3.63, 3.8) is 0 Å². The normalized spacial score (nSPS) is 12.9. The molecule has 0 saturated carbocycles. The zero-order valence-corrected chi connectivity index (χ0v) is 10.1. The lowest BCUT2D eigenvalue weighted by Crippen LogP contribution is -2.17. The van der Waals surface area contributed by atoms with Crippen LogP contribution in [0.25, 0.3) is 0 Å². The molecule has 1 aromatic rings. The molecule has 2 N–H and O–H groups in total. The predicted octanol–water partition coefficient (Wildman–Crippen LogP) is 2.71. The molecule has 2 heteroatoms. The fraction of sp³-hybridized carbons (Fsp3) is 0.538. The van der Waals surface area contributed by atoms with Crippen LogP contribution < -0.4 is 10.5 Å². The summed E-state index contributed by atoms with van der Waals surface area (Å²) in [6, 6.07) is 6.53. The topological polar surface area (TPSA) is 35.2 Å². The van der Waals surface area contributed by atoms with Crippen molar-refractivity contribution in [2.24, 2.45) is 5.73 Å². The van der Waals surface area contributed by atoms with Crippen molar-refractivity contribution in [3.8, 4) is 5.75 Å². The smallest absolute Gasteiger partial charge is 0.122 e. The second-order valence-corrected chi connectivity index (χ2v) is 4.41. The van der Waals surface area contributed by atoms with Gasteiger partial charge in [-0.2, -0.15) is 0 Å². The van der Waals surface area contributed by atoms with Crippen molar-refractivity contribution < 1.29 is 4.74 Å². The molecule has 0 aromatic heterocycles. The minimum atomic E-state index is 0.207. The van der Waals surface area contributed by atoms with Crippen molar-refractivity contribution in [2.75, 3.05) is 7.11 Å². The van der Waals surface area contributed by atoms with Gasteiger partial charge in [-0.05, 0) is 36.5 Å². The highest BCUT2D eigenvalue weighted by atomic mass is 16.5. The summed E-state index contributed by atoms with van der Waals surface area (Å²) in [5, 5.41) is 0. The molecule has 0 amide bonds. The Kier molecular flexibility index (Phi) is 4.15. The first-order valence-corrected chi connectivity index (χ1v) is 5.47. The molecule has 0 saturated heterocycles. The van der Waals surface area contributed by atoms with Crippen LogP contribution >= 0.6 is 0 Å². The monoisotopic (exact) mass is 207 g/mol. The van der Waals surface area contributed by atoms with E-state index in [4.69, 9.17) is 10.5 Å². The van der Waals surface area contributed by atoms with Gasteiger partial charge in [0.15, 0.2) is 0 Å². The van der Waals surface area contributed by atoms with Crippen LogP contribution in [0.5, 0.6) is 5.75 Å². The third-order valence-corrected chi connectivity index (χ3v) is 2.47. The fourth-order valence-corrected chi connectivity index (χ4v) is 1.73. The number of ether oxygens (including phenoxy) is 1. The molecule has 2 nitrogen and oxygen atoms in total. The average molecular weight is 207 g/mol. The third-order valence-electron chi connectivity index (χ3n) is 2.47. The molecule has 1 unspecified atom stereocenters. The molecule has 84 valence electrons. The Morgan fingerprint density at radius 3 is 2.40 bits per heavy atom. The molecule has 15 heavy (non-hydrogen) atoms. The highest BCUT2D eigenvalue weighted by molar-refractivity contribution is 5.39. The molecule has 0 spiro atoms. The molecule has 0 fully saturated rings. The van der Waals surface area contributed by atoms with Gasteiger partial charge in [0.1, 0.15) is 5.75 Å². The van der Waals surface area contributed by atoms with Gasteiger partial charge in [0, 0.05) is 6.04 Å². The van der Waals surface area contributed by atoms with E-state index in [2.05, 4.69) is 26.0 Å². The Balaban J connectivity index is 2.99. The van der Waals surface area contributed by atoms with E-state index in [0.29, 0.717) is 5.92 Å². The molecule has 0 aliphatic heterocycles. The summed E-state index contributed by atoms with van der Waals surface area (Å²) < 4.78 is 5.34. The third kappa shape index (κ3) is 3.24. The molecular formula is C13H21NO. The molecule has 0 heterocycles. The minimum Gasteiger partial charge on any atom is -0.496 e. The predicted molar refractivity (Wildman–Crippen MR) is 64.4 cm³/mol. The van der Waals surface area contributed by atoms with Gasteiger partial charge in [0.2, 0.25) is 0 Å². The van der Waals surface area contributed by atoms with Crippen LogP contribution in [0, 0.1) is 0 Å². The summed E-state index contributed by atoms with van der Waals surface area (Å²) in [6.07, 6.45) is 0.920. The zero-order chi connectivity index (χ0) is 11.4. The van der Waals surface area contributed by atoms with Gasteiger partial charge in [0.05, 0.1) is 7.11 Å². The van der Waals surface area contributed by atoms with Crippen molar-refractivity contribution >= 4 is 0 Å². The first-order valence-electron chi connectivity index (χ1n) is 5.47. The van der Waals surface area contributed by atoms with Gasteiger partial charge in [-0.3, -0.25) is 0 Å². The summed E-state index contributed by atoms with van der Waals surface area (Å²) in [4.78, 5) is 0. The maximum atomic E-state index is 5.79. The van der Waals surface area contributed by atoms with Crippen molar-refractivity contribution in [1.29, 1.82) is 0 Å². The van der Waals surface area contributed by atoms with E-state index in [9.17, 15) is 0 Å². The van der Waals surface area contributed by atoms with Gasteiger partial charge in [-0.15, -0.1) is 0 Å². The Morgan fingerprint density at radius 2 is 1.93 bits per heavy atom. The molecule has 0 bridgehead atoms. The molecule has 1 aromatic carbocycles. The number of hydrogen-bond acceptors (Lipinski definition) is 2. The summed E-state index contributed by atoms with van der Waals surface area (Å²) in [7, 11) is 1.71. The van der Waals surface area contributed by atoms with Crippen LogP contribution in [0.2, 0.25) is 0 Å². The van der Waals surface area contributed by atoms with Crippen LogP contribution in [-0.2, 0) is 6.42 Å². The van der Waals surface area contributed by atoms with E-state index < -0.39 is 0 Å². The van der Waals surface area contributed by atoms with Gasteiger partial charge in [0.25, 0.3) is 0 Å². The number of methoxy groups -OCH3 is 1. The van der Waals surface area contributed by atoms with Gasteiger partial charge in [-0.25, -0.2) is 0 Å². The quantitative estimate of drug-likeness (QED) is 0.824. The Labute approximate surface area is 92.4 Å². The molecular weight excluding hydrogens is 186 g/mol. The highest BCUT2D eigenvalue weighted by Gasteiger charge is 2.08. The number of nitrogens with two attached hydrogens (primary N) is 1. The minimum absolute atomic E-state index is 0.207. The number of hydrogen-bond donors (Lipinski definition) is 1. The first-order chi connectivity index (χ1) is 7.04. The lowest BCUT2D eigenvalue weighted by atomic mass is 9.97. The standard InChI is InChI=1S/C13H21NO/c1-9(2)12-8-11(7-10(3)14)5-6-13(12)15-4/h5-6,8-10H,7,14H2,1-4H3. The maximum Gasteiger partial charge on any atom is 0.122 e. The van der Waals surface area contributed by atoms with E-state index in [1.807, 2.05) is 13.0 Å². The Bertz CT molecular complexity index is 318. The average Bonchev–Trinajstić information content (AvgIpc) is 2.16. The molecule has 1 atom stereocenters. The van der Waals surface area contributed by atoms with E-state index in [1.165, 1.54) is 11.1 Å². The zero-order valence-electron chi connectivity index (χ0n) is 10.1. The largest absolute Gasteiger partial charge is 0.496 e. The van der Waals surface area contributed by atoms with E-state index in [0.717, 1.165) is 12.2 Å². The second-order valence-electron chi connectivity index (χ2n) is 4.41. The number of rotatable bonds is 4. The lowest BCUT2D eigenvalue weighted by Gasteiger charge is -2.14.